The lowest BCUT2D eigenvalue weighted by molar-refractivity contribution is 0.0428. The topological polar surface area (TPSA) is 15.3 Å². The Hall–Kier alpha value is -0.0800. The van der Waals surface area contributed by atoms with Crippen molar-refractivity contribution in [3.05, 3.63) is 0 Å². The molecule has 0 amide bonds. The fourth-order valence-electron chi connectivity index (χ4n) is 4.46. The maximum absolute atomic E-state index is 3.86. The first-order chi connectivity index (χ1) is 9.65. The average molecular weight is 281 g/mol. The number of rotatable bonds is 7. The van der Waals surface area contributed by atoms with Crippen molar-refractivity contribution < 1.29 is 0 Å². The molecule has 0 saturated heterocycles. The van der Waals surface area contributed by atoms with E-state index in [0.29, 0.717) is 6.04 Å². The first-order valence-electron chi connectivity index (χ1n) is 9.13. The van der Waals surface area contributed by atoms with E-state index in [4.69, 9.17) is 0 Å². The van der Waals surface area contributed by atoms with E-state index in [-0.39, 0.29) is 0 Å². The molecule has 2 nitrogen and oxygen atoms in total. The van der Waals surface area contributed by atoms with E-state index in [1.54, 1.807) is 0 Å². The Kier molecular flexibility index (Phi) is 6.35. The van der Waals surface area contributed by atoms with E-state index >= 15 is 0 Å². The molecule has 2 aliphatic carbocycles. The molecule has 2 heteroatoms. The van der Waals surface area contributed by atoms with E-state index in [2.05, 4.69) is 37.9 Å². The Morgan fingerprint density at radius 1 is 1.10 bits per heavy atom. The Morgan fingerprint density at radius 2 is 1.85 bits per heavy atom. The molecule has 2 saturated carbocycles. The van der Waals surface area contributed by atoms with Crippen molar-refractivity contribution in [2.24, 2.45) is 17.8 Å². The van der Waals surface area contributed by atoms with Crippen LogP contribution < -0.4 is 5.32 Å². The smallest absolute Gasteiger partial charge is 0.0275 e. The fourth-order valence-corrected chi connectivity index (χ4v) is 4.46. The third-order valence-corrected chi connectivity index (χ3v) is 5.63. The van der Waals surface area contributed by atoms with E-state index in [9.17, 15) is 0 Å². The van der Waals surface area contributed by atoms with Crippen LogP contribution in [-0.4, -0.2) is 36.6 Å². The van der Waals surface area contributed by atoms with Gasteiger partial charge in [-0.25, -0.2) is 0 Å². The van der Waals surface area contributed by atoms with Crippen LogP contribution in [0, 0.1) is 17.8 Å². The molecule has 118 valence electrons. The largest absolute Gasteiger partial charge is 0.312 e. The maximum Gasteiger partial charge on any atom is 0.0275 e. The maximum atomic E-state index is 3.86. The Balaban J connectivity index is 2.00. The molecule has 0 aliphatic heterocycles. The molecule has 0 aromatic carbocycles. The summed E-state index contributed by atoms with van der Waals surface area (Å²) in [4.78, 5) is 2.81. The molecule has 0 heterocycles. The van der Waals surface area contributed by atoms with Crippen LogP contribution in [0.5, 0.6) is 0 Å². The number of hydrogen-bond donors (Lipinski definition) is 1. The van der Waals surface area contributed by atoms with Gasteiger partial charge in [-0.15, -0.1) is 0 Å². The summed E-state index contributed by atoms with van der Waals surface area (Å²) in [6.07, 6.45) is 8.45. The summed E-state index contributed by atoms with van der Waals surface area (Å²) in [7, 11) is 0. The Bertz CT molecular complexity index is 273. The zero-order valence-electron chi connectivity index (χ0n) is 14.2. The highest BCUT2D eigenvalue weighted by molar-refractivity contribution is 4.94. The van der Waals surface area contributed by atoms with Crippen LogP contribution in [0.3, 0.4) is 0 Å². The van der Waals surface area contributed by atoms with Crippen LogP contribution >= 0.6 is 0 Å². The molecule has 4 unspecified atom stereocenters. The van der Waals surface area contributed by atoms with E-state index in [0.717, 1.165) is 23.8 Å². The van der Waals surface area contributed by atoms with Gasteiger partial charge in [0.2, 0.25) is 0 Å². The highest BCUT2D eigenvalue weighted by Crippen LogP contribution is 2.35. The Morgan fingerprint density at radius 3 is 2.40 bits per heavy atom. The molecule has 0 aromatic rings. The molecule has 2 aliphatic rings. The van der Waals surface area contributed by atoms with Gasteiger partial charge < -0.3 is 5.32 Å². The summed E-state index contributed by atoms with van der Waals surface area (Å²) in [5.74, 6) is 2.72. The van der Waals surface area contributed by atoms with E-state index < -0.39 is 0 Å². The molecule has 4 atom stereocenters. The van der Waals surface area contributed by atoms with Crippen LogP contribution in [0.25, 0.3) is 0 Å². The van der Waals surface area contributed by atoms with Gasteiger partial charge in [0.05, 0.1) is 0 Å². The summed E-state index contributed by atoms with van der Waals surface area (Å²) in [5, 5.41) is 3.86. The van der Waals surface area contributed by atoms with Crippen LogP contribution in [0.2, 0.25) is 0 Å². The summed E-state index contributed by atoms with van der Waals surface area (Å²) in [6, 6.07) is 1.48. The van der Waals surface area contributed by atoms with Gasteiger partial charge >= 0.3 is 0 Å². The molecule has 0 spiro atoms. The van der Waals surface area contributed by atoms with Gasteiger partial charge in [0.1, 0.15) is 0 Å². The average Bonchev–Trinajstić information content (AvgIpc) is 2.36. The Labute approximate surface area is 126 Å². The van der Waals surface area contributed by atoms with Gasteiger partial charge in [-0.1, -0.05) is 34.1 Å². The molecule has 2 rings (SSSR count). The van der Waals surface area contributed by atoms with Crippen molar-refractivity contribution in [1.29, 1.82) is 0 Å². The van der Waals surface area contributed by atoms with Gasteiger partial charge in [0.15, 0.2) is 0 Å². The number of hydrogen-bond acceptors (Lipinski definition) is 2. The van der Waals surface area contributed by atoms with E-state index in [1.165, 1.54) is 58.2 Å². The molecule has 0 bridgehead atoms. The van der Waals surface area contributed by atoms with Crippen molar-refractivity contribution in [2.45, 2.75) is 78.3 Å². The van der Waals surface area contributed by atoms with Crippen molar-refractivity contribution in [3.8, 4) is 0 Å². The standard InChI is InChI=1S/C18H36N2/c1-5-10-19-17-12-14(3)11-15(4)18(17)20(6-2)13-16-8-7-9-16/h14-19H,5-13H2,1-4H3. The van der Waals surface area contributed by atoms with Gasteiger partial charge in [-0.05, 0) is 62.9 Å². The summed E-state index contributed by atoms with van der Waals surface area (Å²) in [6.45, 7) is 13.3. The van der Waals surface area contributed by atoms with Gasteiger partial charge in [0, 0.05) is 18.6 Å². The van der Waals surface area contributed by atoms with Crippen LogP contribution in [0.1, 0.15) is 66.2 Å². The zero-order chi connectivity index (χ0) is 14.5. The normalized spacial score (nSPS) is 35.2. The number of nitrogens with one attached hydrogen (secondary N) is 1. The SMILES string of the molecule is CCCNC1CC(C)CC(C)C1N(CC)CC1CCC1. The molecular weight excluding hydrogens is 244 g/mol. The quantitative estimate of drug-likeness (QED) is 0.760. The molecule has 0 radical (unpaired) electrons. The van der Waals surface area contributed by atoms with Crippen LogP contribution in [0.15, 0.2) is 0 Å². The summed E-state index contributed by atoms with van der Waals surface area (Å²) >= 11 is 0. The second-order valence-electron chi connectivity index (χ2n) is 7.49. The van der Waals surface area contributed by atoms with Gasteiger partial charge in [-0.2, -0.15) is 0 Å². The van der Waals surface area contributed by atoms with Crippen molar-refractivity contribution >= 4 is 0 Å². The van der Waals surface area contributed by atoms with Crippen LogP contribution in [-0.2, 0) is 0 Å². The third kappa shape index (κ3) is 3.98. The minimum Gasteiger partial charge on any atom is -0.312 e. The predicted molar refractivity (Wildman–Crippen MR) is 88.0 cm³/mol. The van der Waals surface area contributed by atoms with Crippen molar-refractivity contribution in [2.75, 3.05) is 19.6 Å². The minimum absolute atomic E-state index is 0.716. The highest BCUT2D eigenvalue weighted by Gasteiger charge is 2.37. The third-order valence-electron chi connectivity index (χ3n) is 5.63. The number of nitrogens with zero attached hydrogens (tertiary/aromatic N) is 1. The molecule has 20 heavy (non-hydrogen) atoms. The minimum atomic E-state index is 0.716. The molecule has 1 N–H and O–H groups in total. The molecule has 0 aromatic heterocycles. The number of likely N-dealkylation sites (N-methyl/N-ethyl adjacent to an activating group) is 1. The first kappa shape index (κ1) is 16.3. The lowest BCUT2D eigenvalue weighted by Gasteiger charge is -2.47. The fraction of sp³-hybridized carbons (Fsp3) is 1.00. The predicted octanol–water partition coefficient (Wildman–Crippen LogP) is 3.91. The monoisotopic (exact) mass is 280 g/mol. The van der Waals surface area contributed by atoms with E-state index in [1.807, 2.05) is 0 Å². The first-order valence-corrected chi connectivity index (χ1v) is 9.13. The lowest BCUT2D eigenvalue weighted by atomic mass is 9.75. The lowest BCUT2D eigenvalue weighted by Crippen LogP contribution is -2.57. The van der Waals surface area contributed by atoms with Gasteiger partial charge in [0.25, 0.3) is 0 Å². The summed E-state index contributed by atoms with van der Waals surface area (Å²) in [5.41, 5.74) is 0. The second-order valence-corrected chi connectivity index (χ2v) is 7.49. The molecular formula is C18H36N2. The highest BCUT2D eigenvalue weighted by atomic mass is 15.2. The summed E-state index contributed by atoms with van der Waals surface area (Å²) < 4.78 is 0. The second kappa shape index (κ2) is 7.79. The zero-order valence-corrected chi connectivity index (χ0v) is 14.2. The van der Waals surface area contributed by atoms with Crippen molar-refractivity contribution in [3.63, 3.8) is 0 Å². The van der Waals surface area contributed by atoms with Crippen LogP contribution in [0.4, 0.5) is 0 Å². The van der Waals surface area contributed by atoms with Crippen molar-refractivity contribution in [1.82, 2.24) is 10.2 Å². The van der Waals surface area contributed by atoms with Gasteiger partial charge in [-0.3, -0.25) is 4.90 Å². The molecule has 2 fully saturated rings.